The predicted octanol–water partition coefficient (Wildman–Crippen LogP) is 3.64. The SMILES string of the molecule is C/C=C(F)\C=C(\Cl)C(C)C. The molecule has 58 valence electrons. The molecular formula is C8H12ClF. The van der Waals surface area contributed by atoms with Crippen LogP contribution in [-0.4, -0.2) is 0 Å². The second-order valence-electron chi connectivity index (χ2n) is 2.36. The zero-order valence-electron chi connectivity index (χ0n) is 6.49. The first-order valence-electron chi connectivity index (χ1n) is 3.26. The van der Waals surface area contributed by atoms with Crippen LogP contribution >= 0.6 is 11.6 Å². The van der Waals surface area contributed by atoms with E-state index in [4.69, 9.17) is 11.6 Å². The molecule has 10 heavy (non-hydrogen) atoms. The molecule has 0 saturated heterocycles. The van der Waals surface area contributed by atoms with Gasteiger partial charge in [0.1, 0.15) is 5.83 Å². The maximum atomic E-state index is 12.4. The largest absolute Gasteiger partial charge is 0.207 e. The van der Waals surface area contributed by atoms with E-state index in [1.54, 1.807) is 6.92 Å². The fourth-order valence-electron chi connectivity index (χ4n) is 0.382. The molecule has 0 spiro atoms. The van der Waals surface area contributed by atoms with Crippen molar-refractivity contribution in [3.8, 4) is 0 Å². The molecule has 0 nitrogen and oxygen atoms in total. The van der Waals surface area contributed by atoms with Crippen LogP contribution in [-0.2, 0) is 0 Å². The molecule has 0 N–H and O–H groups in total. The molecule has 0 heterocycles. The van der Waals surface area contributed by atoms with Gasteiger partial charge in [0.25, 0.3) is 0 Å². The van der Waals surface area contributed by atoms with Gasteiger partial charge >= 0.3 is 0 Å². The van der Waals surface area contributed by atoms with Gasteiger partial charge in [-0.3, -0.25) is 0 Å². The van der Waals surface area contributed by atoms with Crippen molar-refractivity contribution in [1.82, 2.24) is 0 Å². The van der Waals surface area contributed by atoms with E-state index < -0.39 is 0 Å². The van der Waals surface area contributed by atoms with Crippen LogP contribution in [0.3, 0.4) is 0 Å². The standard InChI is InChI=1S/C8H12ClF/c1-4-7(10)5-8(9)6(2)3/h4-6H,1-3H3/b7-4+,8-5+. The first kappa shape index (κ1) is 9.70. The van der Waals surface area contributed by atoms with Gasteiger partial charge in [-0.05, 0) is 18.9 Å². The number of allylic oxidation sites excluding steroid dienone is 4. The summed E-state index contributed by atoms with van der Waals surface area (Å²) < 4.78 is 12.4. The van der Waals surface area contributed by atoms with Crippen LogP contribution in [0.4, 0.5) is 4.39 Å². The highest BCUT2D eigenvalue weighted by molar-refractivity contribution is 6.29. The van der Waals surface area contributed by atoms with Gasteiger partial charge in [0, 0.05) is 5.03 Å². The van der Waals surface area contributed by atoms with Gasteiger partial charge in [0.2, 0.25) is 0 Å². The van der Waals surface area contributed by atoms with Gasteiger partial charge in [0.05, 0.1) is 0 Å². The zero-order chi connectivity index (χ0) is 8.15. The molecule has 0 amide bonds. The molecule has 0 rings (SSSR count). The Labute approximate surface area is 66.4 Å². The van der Waals surface area contributed by atoms with E-state index in [0.29, 0.717) is 5.03 Å². The summed E-state index contributed by atoms with van der Waals surface area (Å²) in [6, 6.07) is 0. The third kappa shape index (κ3) is 3.67. The van der Waals surface area contributed by atoms with Gasteiger partial charge in [-0.15, -0.1) is 0 Å². The molecule has 0 fully saturated rings. The average Bonchev–Trinajstić information content (AvgIpc) is 1.87. The van der Waals surface area contributed by atoms with E-state index in [0.717, 1.165) is 0 Å². The molecule has 2 heteroatoms. The highest BCUT2D eigenvalue weighted by Crippen LogP contribution is 2.16. The lowest BCUT2D eigenvalue weighted by molar-refractivity contribution is 0.660. The minimum atomic E-state index is -0.279. The van der Waals surface area contributed by atoms with Gasteiger partial charge in [0.15, 0.2) is 0 Å². The fraction of sp³-hybridized carbons (Fsp3) is 0.500. The van der Waals surface area contributed by atoms with Crippen molar-refractivity contribution in [3.63, 3.8) is 0 Å². The summed E-state index contributed by atoms with van der Waals surface area (Å²) in [4.78, 5) is 0. The molecule has 0 aliphatic carbocycles. The van der Waals surface area contributed by atoms with E-state index in [9.17, 15) is 4.39 Å². The van der Waals surface area contributed by atoms with Crippen LogP contribution in [0.2, 0.25) is 0 Å². The summed E-state index contributed by atoms with van der Waals surface area (Å²) >= 11 is 5.67. The van der Waals surface area contributed by atoms with Crippen molar-refractivity contribution < 1.29 is 4.39 Å². The maximum Gasteiger partial charge on any atom is 0.120 e. The first-order valence-corrected chi connectivity index (χ1v) is 3.64. The Morgan fingerprint density at radius 3 is 2.30 bits per heavy atom. The summed E-state index contributed by atoms with van der Waals surface area (Å²) in [6.07, 6.45) is 2.72. The van der Waals surface area contributed by atoms with Crippen LogP contribution in [0.5, 0.6) is 0 Å². The second-order valence-corrected chi connectivity index (χ2v) is 2.79. The highest BCUT2D eigenvalue weighted by Gasteiger charge is 1.98. The van der Waals surface area contributed by atoms with Crippen LogP contribution < -0.4 is 0 Å². The lowest BCUT2D eigenvalue weighted by Gasteiger charge is -1.99. The second kappa shape index (κ2) is 4.51. The molecule has 0 radical (unpaired) electrons. The molecule has 0 aliphatic rings. The Kier molecular flexibility index (Phi) is 4.37. The Morgan fingerprint density at radius 2 is 2.00 bits per heavy atom. The predicted molar refractivity (Wildman–Crippen MR) is 43.6 cm³/mol. The molecule has 0 unspecified atom stereocenters. The van der Waals surface area contributed by atoms with Crippen molar-refractivity contribution in [3.05, 3.63) is 23.0 Å². The summed E-state index contributed by atoms with van der Waals surface area (Å²) in [5, 5.41) is 0.551. The Morgan fingerprint density at radius 1 is 1.50 bits per heavy atom. The quantitative estimate of drug-likeness (QED) is 0.544. The van der Waals surface area contributed by atoms with Gasteiger partial charge in [-0.25, -0.2) is 4.39 Å². The van der Waals surface area contributed by atoms with E-state index >= 15 is 0 Å². The fourth-order valence-corrected chi connectivity index (χ4v) is 0.486. The number of hydrogen-bond donors (Lipinski definition) is 0. The monoisotopic (exact) mass is 162 g/mol. The Hall–Kier alpha value is -0.300. The zero-order valence-corrected chi connectivity index (χ0v) is 7.24. The molecule has 0 aromatic carbocycles. The molecule has 0 aromatic heterocycles. The van der Waals surface area contributed by atoms with Crippen molar-refractivity contribution in [1.29, 1.82) is 0 Å². The third-order valence-electron chi connectivity index (χ3n) is 1.10. The minimum Gasteiger partial charge on any atom is -0.207 e. The first-order chi connectivity index (χ1) is 4.57. The van der Waals surface area contributed by atoms with E-state index in [1.165, 1.54) is 12.2 Å². The number of rotatable bonds is 2. The van der Waals surface area contributed by atoms with Gasteiger partial charge in [-0.2, -0.15) is 0 Å². The van der Waals surface area contributed by atoms with Crippen molar-refractivity contribution in [2.45, 2.75) is 20.8 Å². The summed E-state index contributed by atoms with van der Waals surface area (Å²) in [5.74, 6) is -0.0777. The van der Waals surface area contributed by atoms with Crippen molar-refractivity contribution in [2.75, 3.05) is 0 Å². The van der Waals surface area contributed by atoms with Gasteiger partial charge in [-0.1, -0.05) is 31.5 Å². The summed E-state index contributed by atoms with van der Waals surface area (Å²) in [6.45, 7) is 5.47. The van der Waals surface area contributed by atoms with Crippen LogP contribution in [0.1, 0.15) is 20.8 Å². The van der Waals surface area contributed by atoms with E-state index in [-0.39, 0.29) is 11.7 Å². The van der Waals surface area contributed by atoms with Crippen LogP contribution in [0, 0.1) is 5.92 Å². The van der Waals surface area contributed by atoms with Crippen molar-refractivity contribution >= 4 is 11.6 Å². The lowest BCUT2D eigenvalue weighted by atomic mass is 10.2. The molecule has 0 saturated carbocycles. The van der Waals surface area contributed by atoms with E-state index in [1.807, 2.05) is 13.8 Å². The molecule has 0 bridgehead atoms. The molecule has 0 aromatic rings. The number of halogens is 2. The minimum absolute atomic E-state index is 0.201. The van der Waals surface area contributed by atoms with E-state index in [2.05, 4.69) is 0 Å². The molecule has 0 aliphatic heterocycles. The Bertz CT molecular complexity index is 157. The van der Waals surface area contributed by atoms with Crippen LogP contribution in [0.25, 0.3) is 0 Å². The topological polar surface area (TPSA) is 0 Å². The lowest BCUT2D eigenvalue weighted by Crippen LogP contribution is -1.85. The van der Waals surface area contributed by atoms with Crippen molar-refractivity contribution in [2.24, 2.45) is 5.92 Å². The Balaban J connectivity index is 4.17. The summed E-state index contributed by atoms with van der Waals surface area (Å²) in [7, 11) is 0. The third-order valence-corrected chi connectivity index (χ3v) is 1.65. The summed E-state index contributed by atoms with van der Waals surface area (Å²) in [5.41, 5.74) is 0. The molecule has 0 atom stereocenters. The normalized spacial score (nSPS) is 14.6. The number of hydrogen-bond acceptors (Lipinski definition) is 0. The highest BCUT2D eigenvalue weighted by atomic mass is 35.5. The smallest absolute Gasteiger partial charge is 0.120 e. The maximum absolute atomic E-state index is 12.4. The molecular weight excluding hydrogens is 151 g/mol. The van der Waals surface area contributed by atoms with Gasteiger partial charge < -0.3 is 0 Å². The average molecular weight is 163 g/mol. The van der Waals surface area contributed by atoms with Crippen LogP contribution in [0.15, 0.2) is 23.0 Å².